The zero-order valence-corrected chi connectivity index (χ0v) is 10.00. The van der Waals surface area contributed by atoms with E-state index in [-0.39, 0.29) is 5.78 Å². The molecule has 1 aliphatic rings. The normalized spacial score (nSPS) is 20.7. The van der Waals surface area contributed by atoms with Gasteiger partial charge in [-0.2, -0.15) is 0 Å². The summed E-state index contributed by atoms with van der Waals surface area (Å²) in [4.78, 5) is 16.6. The smallest absolute Gasteiger partial charge is 0.202 e. The fourth-order valence-corrected chi connectivity index (χ4v) is 3.10. The fourth-order valence-electron chi connectivity index (χ4n) is 1.19. The monoisotopic (exact) mass is 309 g/mol. The van der Waals surface area contributed by atoms with Crippen LogP contribution in [0.3, 0.4) is 0 Å². The molecule has 64 valence electrons. The van der Waals surface area contributed by atoms with Crippen molar-refractivity contribution >= 4 is 49.0 Å². The minimum atomic E-state index is -0.542. The maximum absolute atomic E-state index is 11.7. The maximum Gasteiger partial charge on any atom is 0.202 e. The highest BCUT2D eigenvalue weighted by atomic mass is 79.9. The molecular weight excluding hydrogens is 306 g/mol. The first-order chi connectivity index (χ1) is 5.61. The second-order valence-corrected chi connectivity index (χ2v) is 7.29. The largest absolute Gasteiger partial charge is 0.291 e. The molecule has 0 bridgehead atoms. The van der Waals surface area contributed by atoms with Crippen molar-refractivity contribution in [3.63, 3.8) is 0 Å². The Kier molecular flexibility index (Phi) is 2.13. The number of aryl methyl sites for hydroxylation is 1. The molecule has 1 aromatic heterocycles. The van der Waals surface area contributed by atoms with Gasteiger partial charge in [0.15, 0.2) is 0 Å². The molecule has 1 aromatic rings. The van der Waals surface area contributed by atoms with Crippen LogP contribution in [0.5, 0.6) is 0 Å². The van der Waals surface area contributed by atoms with Crippen molar-refractivity contribution in [3.8, 4) is 0 Å². The van der Waals surface area contributed by atoms with Gasteiger partial charge in [-0.3, -0.25) is 4.79 Å². The summed E-state index contributed by atoms with van der Waals surface area (Å²) in [5.74, 6) is 0.103. The number of fused-ring (bicyclic) bond motifs is 1. The zero-order chi connectivity index (χ0) is 8.77. The lowest BCUT2D eigenvalue weighted by Crippen LogP contribution is -2.29. The minimum absolute atomic E-state index is 0.103. The van der Waals surface area contributed by atoms with Crippen LogP contribution >= 0.6 is 43.2 Å². The Hall–Kier alpha value is 0.260. The van der Waals surface area contributed by atoms with Crippen LogP contribution in [0, 0.1) is 0 Å². The van der Waals surface area contributed by atoms with Gasteiger partial charge in [-0.05, 0) is 12.8 Å². The van der Waals surface area contributed by atoms with Gasteiger partial charge in [0.2, 0.25) is 5.78 Å². The third-order valence-corrected chi connectivity index (χ3v) is 4.24. The Morgan fingerprint density at radius 1 is 1.58 bits per heavy atom. The lowest BCUT2D eigenvalue weighted by atomic mass is 10.0. The molecule has 0 radical (unpaired) electrons. The summed E-state index contributed by atoms with van der Waals surface area (Å²) in [5, 5.41) is 0. The molecule has 0 amide bonds. The van der Waals surface area contributed by atoms with Crippen LogP contribution in [0.2, 0.25) is 0 Å². The Morgan fingerprint density at radius 2 is 2.33 bits per heavy atom. The first-order valence-electron chi connectivity index (χ1n) is 3.46. The lowest BCUT2D eigenvalue weighted by molar-refractivity contribution is 0.0976. The number of carbonyl (C=O) groups excluding carboxylic acids is 1. The average Bonchev–Trinajstić information content (AvgIpc) is 2.45. The molecule has 0 fully saturated rings. The molecular formula is C7H5Br2NOS. The van der Waals surface area contributed by atoms with E-state index in [4.69, 9.17) is 0 Å². The van der Waals surface area contributed by atoms with Gasteiger partial charge in [0.05, 0.1) is 16.1 Å². The number of aromatic nitrogens is 1. The summed E-state index contributed by atoms with van der Waals surface area (Å²) in [6.07, 6.45) is 1.63. The van der Waals surface area contributed by atoms with Crippen LogP contribution in [0.15, 0.2) is 5.51 Å². The molecule has 0 aromatic carbocycles. The number of hydrogen-bond acceptors (Lipinski definition) is 3. The van der Waals surface area contributed by atoms with E-state index in [1.807, 2.05) is 0 Å². The van der Waals surface area contributed by atoms with Crippen molar-refractivity contribution in [3.05, 3.63) is 16.1 Å². The molecule has 2 rings (SSSR count). The first-order valence-corrected chi connectivity index (χ1v) is 5.93. The van der Waals surface area contributed by atoms with E-state index in [0.717, 1.165) is 23.4 Å². The van der Waals surface area contributed by atoms with E-state index >= 15 is 0 Å². The van der Waals surface area contributed by atoms with Crippen LogP contribution in [0.4, 0.5) is 0 Å². The van der Waals surface area contributed by atoms with Crippen LogP contribution in [-0.2, 0) is 6.42 Å². The number of thiazole rings is 1. The highest BCUT2D eigenvalue weighted by Gasteiger charge is 2.39. The van der Waals surface area contributed by atoms with Crippen molar-refractivity contribution in [2.45, 2.75) is 16.1 Å². The van der Waals surface area contributed by atoms with Gasteiger partial charge in [0.25, 0.3) is 0 Å². The molecule has 1 aliphatic carbocycles. The van der Waals surface area contributed by atoms with Gasteiger partial charge in [-0.15, -0.1) is 11.3 Å². The predicted octanol–water partition coefficient (Wildman–Crippen LogP) is 2.76. The van der Waals surface area contributed by atoms with Gasteiger partial charge in [0.1, 0.15) is 3.23 Å². The molecule has 5 heteroatoms. The van der Waals surface area contributed by atoms with Gasteiger partial charge in [-0.25, -0.2) is 4.98 Å². The summed E-state index contributed by atoms with van der Waals surface area (Å²) >= 11 is 8.13. The summed E-state index contributed by atoms with van der Waals surface area (Å²) in [6, 6.07) is 0. The molecule has 12 heavy (non-hydrogen) atoms. The topological polar surface area (TPSA) is 30.0 Å². The SMILES string of the molecule is O=C1c2scnc2CCC1(Br)Br. The first kappa shape index (κ1) is 8.84. The van der Waals surface area contributed by atoms with Crippen molar-refractivity contribution in [2.75, 3.05) is 0 Å². The average molecular weight is 311 g/mol. The molecule has 0 unspecified atom stereocenters. The molecule has 0 saturated carbocycles. The number of alkyl halides is 2. The molecule has 2 nitrogen and oxygen atoms in total. The highest BCUT2D eigenvalue weighted by Crippen LogP contribution is 2.40. The quantitative estimate of drug-likeness (QED) is 0.690. The van der Waals surface area contributed by atoms with E-state index in [9.17, 15) is 4.79 Å². The zero-order valence-electron chi connectivity index (χ0n) is 6.01. The minimum Gasteiger partial charge on any atom is -0.291 e. The number of carbonyl (C=O) groups is 1. The number of ketones is 1. The molecule has 0 aliphatic heterocycles. The molecule has 0 atom stereocenters. The van der Waals surface area contributed by atoms with Crippen LogP contribution in [-0.4, -0.2) is 14.0 Å². The van der Waals surface area contributed by atoms with E-state index in [2.05, 4.69) is 36.8 Å². The summed E-state index contributed by atoms with van der Waals surface area (Å²) < 4.78 is -0.542. The maximum atomic E-state index is 11.7. The lowest BCUT2D eigenvalue weighted by Gasteiger charge is -2.22. The number of rotatable bonds is 0. The molecule has 0 N–H and O–H groups in total. The van der Waals surface area contributed by atoms with Crippen LogP contribution in [0.1, 0.15) is 21.8 Å². The van der Waals surface area contributed by atoms with Gasteiger partial charge < -0.3 is 0 Å². The summed E-state index contributed by atoms with van der Waals surface area (Å²) in [7, 11) is 0. The van der Waals surface area contributed by atoms with Gasteiger partial charge >= 0.3 is 0 Å². The number of nitrogens with zero attached hydrogens (tertiary/aromatic N) is 1. The second-order valence-electron chi connectivity index (χ2n) is 2.66. The van der Waals surface area contributed by atoms with Crippen molar-refractivity contribution in [1.82, 2.24) is 4.98 Å². The van der Waals surface area contributed by atoms with Crippen LogP contribution in [0.25, 0.3) is 0 Å². The predicted molar refractivity (Wildman–Crippen MR) is 55.4 cm³/mol. The van der Waals surface area contributed by atoms with Gasteiger partial charge in [-0.1, -0.05) is 31.9 Å². The number of halogens is 2. The molecule has 0 spiro atoms. The van der Waals surface area contributed by atoms with Gasteiger partial charge in [0, 0.05) is 0 Å². The van der Waals surface area contributed by atoms with Crippen molar-refractivity contribution in [1.29, 1.82) is 0 Å². The number of Topliss-reactive ketones (excluding diaryl/α,β-unsaturated/α-hetero) is 1. The van der Waals surface area contributed by atoms with Crippen molar-refractivity contribution in [2.24, 2.45) is 0 Å². The standard InChI is InChI=1S/C7H5Br2NOS/c8-7(9)2-1-4-5(6(7)11)12-3-10-4/h3H,1-2H2. The summed E-state index contributed by atoms with van der Waals surface area (Å²) in [5.41, 5.74) is 2.67. The summed E-state index contributed by atoms with van der Waals surface area (Å²) in [6.45, 7) is 0. The van der Waals surface area contributed by atoms with E-state index in [1.54, 1.807) is 5.51 Å². The third-order valence-electron chi connectivity index (χ3n) is 1.86. The Labute approximate surface area is 90.6 Å². The highest BCUT2D eigenvalue weighted by molar-refractivity contribution is 9.26. The van der Waals surface area contributed by atoms with E-state index in [1.165, 1.54) is 11.3 Å². The van der Waals surface area contributed by atoms with Crippen LogP contribution < -0.4 is 0 Å². The van der Waals surface area contributed by atoms with E-state index in [0.29, 0.717) is 0 Å². The van der Waals surface area contributed by atoms with Crippen molar-refractivity contribution < 1.29 is 4.79 Å². The Balaban J connectivity index is 2.49. The number of hydrogen-bond donors (Lipinski definition) is 0. The Morgan fingerprint density at radius 3 is 3.08 bits per heavy atom. The fraction of sp³-hybridized carbons (Fsp3) is 0.429. The second kappa shape index (κ2) is 2.89. The molecule has 1 heterocycles. The third kappa shape index (κ3) is 1.28. The Bertz CT molecular complexity index is 334. The molecule has 0 saturated heterocycles. The van der Waals surface area contributed by atoms with E-state index < -0.39 is 3.23 Å².